The number of alkyl carbamates (subject to hydrolysis) is 1. The largest absolute Gasteiger partial charge is 0.460 e. The topological polar surface area (TPSA) is 94.2 Å². The summed E-state index contributed by atoms with van der Waals surface area (Å²) in [5.74, 6) is -0.294. The SMILES string of the molecule is Cc1cc(C(=O)OCCOCCNC(=O)OCC(C)C)ccc1N1C(=O)CSC1c1ccc(F)cc1. The summed E-state index contributed by atoms with van der Waals surface area (Å²) >= 11 is 1.47. The predicted octanol–water partition coefficient (Wildman–Crippen LogP) is 4.47. The highest BCUT2D eigenvalue weighted by atomic mass is 32.2. The summed E-state index contributed by atoms with van der Waals surface area (Å²) in [7, 11) is 0. The van der Waals surface area contributed by atoms with Crippen molar-refractivity contribution in [3.63, 3.8) is 0 Å². The summed E-state index contributed by atoms with van der Waals surface area (Å²) in [5, 5.41) is 2.31. The Morgan fingerprint density at radius 1 is 1.11 bits per heavy atom. The first-order valence-corrected chi connectivity index (χ1v) is 12.8. The van der Waals surface area contributed by atoms with Gasteiger partial charge in [0.15, 0.2) is 0 Å². The molecule has 1 aliphatic heterocycles. The molecule has 10 heteroatoms. The Morgan fingerprint density at radius 3 is 2.56 bits per heavy atom. The summed E-state index contributed by atoms with van der Waals surface area (Å²) in [4.78, 5) is 38.2. The lowest BCUT2D eigenvalue weighted by atomic mass is 10.1. The van der Waals surface area contributed by atoms with Crippen LogP contribution in [0.4, 0.5) is 14.9 Å². The van der Waals surface area contributed by atoms with Gasteiger partial charge in [0.2, 0.25) is 5.91 Å². The number of carbonyl (C=O) groups is 3. The predicted molar refractivity (Wildman–Crippen MR) is 136 cm³/mol. The van der Waals surface area contributed by atoms with Crippen molar-refractivity contribution in [1.29, 1.82) is 0 Å². The van der Waals surface area contributed by atoms with E-state index in [0.717, 1.165) is 11.1 Å². The zero-order valence-corrected chi connectivity index (χ0v) is 21.4. The van der Waals surface area contributed by atoms with Gasteiger partial charge in [0.25, 0.3) is 0 Å². The van der Waals surface area contributed by atoms with Crippen LogP contribution in [0.15, 0.2) is 42.5 Å². The van der Waals surface area contributed by atoms with Crippen molar-refractivity contribution in [2.75, 3.05) is 43.6 Å². The molecule has 0 aromatic heterocycles. The van der Waals surface area contributed by atoms with E-state index in [1.54, 1.807) is 35.2 Å². The molecule has 0 aliphatic carbocycles. The number of hydrogen-bond donors (Lipinski definition) is 1. The average molecular weight is 519 g/mol. The van der Waals surface area contributed by atoms with Gasteiger partial charge in [0.1, 0.15) is 17.8 Å². The number of benzene rings is 2. The van der Waals surface area contributed by atoms with Crippen LogP contribution >= 0.6 is 11.8 Å². The van der Waals surface area contributed by atoms with Gasteiger partial charge >= 0.3 is 12.1 Å². The number of ether oxygens (including phenoxy) is 3. The summed E-state index contributed by atoms with van der Waals surface area (Å²) in [6, 6.07) is 11.1. The van der Waals surface area contributed by atoms with Crippen LogP contribution in [-0.2, 0) is 19.0 Å². The molecule has 0 bridgehead atoms. The monoisotopic (exact) mass is 518 g/mol. The maximum atomic E-state index is 13.3. The second-order valence-corrected chi connectivity index (χ2v) is 9.72. The van der Waals surface area contributed by atoms with E-state index in [9.17, 15) is 18.8 Å². The fraction of sp³-hybridized carbons (Fsp3) is 0.423. The van der Waals surface area contributed by atoms with E-state index in [0.29, 0.717) is 23.6 Å². The quantitative estimate of drug-likeness (QED) is 0.347. The highest BCUT2D eigenvalue weighted by Gasteiger charge is 2.35. The van der Waals surface area contributed by atoms with Gasteiger partial charge in [-0.2, -0.15) is 0 Å². The second kappa shape index (κ2) is 13.3. The van der Waals surface area contributed by atoms with Crippen LogP contribution in [0.5, 0.6) is 0 Å². The lowest BCUT2D eigenvalue weighted by Gasteiger charge is -2.26. The van der Waals surface area contributed by atoms with Gasteiger partial charge in [0, 0.05) is 12.2 Å². The number of nitrogens with one attached hydrogen (secondary N) is 1. The molecule has 8 nitrogen and oxygen atoms in total. The number of carbonyl (C=O) groups excluding carboxylic acids is 3. The van der Waals surface area contributed by atoms with Crippen molar-refractivity contribution in [3.8, 4) is 0 Å². The third-order valence-corrected chi connectivity index (χ3v) is 6.45. The van der Waals surface area contributed by atoms with Crippen LogP contribution in [0.1, 0.15) is 40.7 Å². The molecule has 1 atom stereocenters. The van der Waals surface area contributed by atoms with Crippen molar-refractivity contribution >= 4 is 35.4 Å². The Balaban J connectivity index is 1.47. The van der Waals surface area contributed by atoms with E-state index < -0.39 is 12.1 Å². The third kappa shape index (κ3) is 7.69. The number of esters is 1. The summed E-state index contributed by atoms with van der Waals surface area (Å²) < 4.78 is 29.0. The molecule has 1 N–H and O–H groups in total. The molecule has 194 valence electrons. The highest BCUT2D eigenvalue weighted by molar-refractivity contribution is 8.00. The molecule has 1 saturated heterocycles. The van der Waals surface area contributed by atoms with Gasteiger partial charge in [0.05, 0.1) is 31.1 Å². The normalized spacial score (nSPS) is 15.3. The van der Waals surface area contributed by atoms with Crippen molar-refractivity contribution in [2.45, 2.75) is 26.1 Å². The molecule has 36 heavy (non-hydrogen) atoms. The van der Waals surface area contributed by atoms with Crippen LogP contribution in [0.2, 0.25) is 0 Å². The molecule has 1 unspecified atom stereocenters. The van der Waals surface area contributed by atoms with E-state index in [2.05, 4.69) is 5.32 Å². The molecule has 1 heterocycles. The number of rotatable bonds is 11. The standard InChI is InChI=1S/C26H31FN2O6S/c1-17(2)15-35-26(32)28-10-11-33-12-13-34-25(31)20-6-9-22(18(3)14-20)29-23(30)16-36-24(29)19-4-7-21(27)8-5-19/h4-9,14,17,24H,10-13,15-16H2,1-3H3,(H,28,32). The van der Waals surface area contributed by atoms with E-state index in [1.807, 2.05) is 20.8 Å². The smallest absolute Gasteiger partial charge is 0.407 e. The fourth-order valence-corrected chi connectivity index (χ4v) is 4.68. The molecule has 2 aromatic carbocycles. The lowest BCUT2D eigenvalue weighted by Crippen LogP contribution is -2.29. The number of nitrogens with zero attached hydrogens (tertiary/aromatic N) is 1. The van der Waals surface area contributed by atoms with Gasteiger partial charge in [-0.1, -0.05) is 26.0 Å². The molecular weight excluding hydrogens is 487 g/mol. The maximum absolute atomic E-state index is 13.3. The molecule has 1 fully saturated rings. The van der Waals surface area contributed by atoms with Gasteiger partial charge in [-0.25, -0.2) is 14.0 Å². The first-order chi connectivity index (χ1) is 17.3. The minimum absolute atomic E-state index is 0.0485. The van der Waals surface area contributed by atoms with E-state index >= 15 is 0 Å². The van der Waals surface area contributed by atoms with Crippen molar-refractivity contribution in [2.24, 2.45) is 5.92 Å². The van der Waals surface area contributed by atoms with Gasteiger partial charge < -0.3 is 19.5 Å². The average Bonchev–Trinajstić information content (AvgIpc) is 3.23. The van der Waals surface area contributed by atoms with Crippen LogP contribution in [0.25, 0.3) is 0 Å². The molecule has 0 saturated carbocycles. The number of hydrogen-bond acceptors (Lipinski definition) is 7. The minimum Gasteiger partial charge on any atom is -0.460 e. The Kier molecular flexibility index (Phi) is 10.1. The zero-order chi connectivity index (χ0) is 26.1. The zero-order valence-electron chi connectivity index (χ0n) is 20.6. The van der Waals surface area contributed by atoms with Crippen LogP contribution < -0.4 is 10.2 Å². The van der Waals surface area contributed by atoms with Gasteiger partial charge in [-0.15, -0.1) is 11.8 Å². The molecule has 2 aromatic rings. The minimum atomic E-state index is -0.499. The van der Waals surface area contributed by atoms with Crippen LogP contribution in [0, 0.1) is 18.7 Å². The Hall–Kier alpha value is -3.11. The third-order valence-electron chi connectivity index (χ3n) is 5.24. The first-order valence-electron chi connectivity index (χ1n) is 11.7. The number of halogens is 1. The molecular formula is C26H31FN2O6S. The molecule has 2 amide bonds. The molecule has 3 rings (SSSR count). The molecule has 0 radical (unpaired) electrons. The van der Waals surface area contributed by atoms with Crippen molar-refractivity contribution in [3.05, 3.63) is 65.0 Å². The number of amides is 2. The Bertz CT molecular complexity index is 1060. The molecule has 1 aliphatic rings. The number of anilines is 1. The van der Waals surface area contributed by atoms with Crippen molar-refractivity contribution < 1.29 is 33.0 Å². The first kappa shape index (κ1) is 27.5. The number of thioether (sulfide) groups is 1. The summed E-state index contributed by atoms with van der Waals surface area (Å²) in [6.45, 7) is 6.88. The second-order valence-electron chi connectivity index (χ2n) is 8.65. The van der Waals surface area contributed by atoms with E-state index in [4.69, 9.17) is 14.2 Å². The van der Waals surface area contributed by atoms with Gasteiger partial charge in [-0.3, -0.25) is 9.69 Å². The lowest BCUT2D eigenvalue weighted by molar-refractivity contribution is -0.115. The van der Waals surface area contributed by atoms with Crippen molar-refractivity contribution in [1.82, 2.24) is 5.32 Å². The highest BCUT2D eigenvalue weighted by Crippen LogP contribution is 2.42. The van der Waals surface area contributed by atoms with E-state index in [-0.39, 0.29) is 49.4 Å². The van der Waals surface area contributed by atoms with E-state index in [1.165, 1.54) is 23.9 Å². The van der Waals surface area contributed by atoms with Gasteiger partial charge in [-0.05, 0) is 54.3 Å². The Morgan fingerprint density at radius 2 is 1.86 bits per heavy atom. The maximum Gasteiger partial charge on any atom is 0.407 e. The van der Waals surface area contributed by atoms with Crippen LogP contribution in [0.3, 0.4) is 0 Å². The fourth-order valence-electron chi connectivity index (χ4n) is 3.51. The Labute approximate surface area is 214 Å². The van der Waals surface area contributed by atoms with Crippen LogP contribution in [-0.4, -0.2) is 56.7 Å². The summed E-state index contributed by atoms with van der Waals surface area (Å²) in [6.07, 6.45) is -0.490. The summed E-state index contributed by atoms with van der Waals surface area (Å²) in [5.41, 5.74) is 2.64. The molecule has 0 spiro atoms. The number of aryl methyl sites for hydroxylation is 1.